The third-order valence-electron chi connectivity index (χ3n) is 4.03. The highest BCUT2D eigenvalue weighted by Crippen LogP contribution is 2.30. The van der Waals surface area contributed by atoms with E-state index in [-0.39, 0.29) is 5.69 Å². The third-order valence-corrected chi connectivity index (χ3v) is 4.03. The van der Waals surface area contributed by atoms with Gasteiger partial charge >= 0.3 is 5.97 Å². The molecule has 0 aliphatic carbocycles. The molecule has 0 unspecified atom stereocenters. The summed E-state index contributed by atoms with van der Waals surface area (Å²) in [5.74, 6) is -1.95. The van der Waals surface area contributed by atoms with Crippen LogP contribution >= 0.6 is 0 Å². The second kappa shape index (κ2) is 9.18. The minimum Gasteiger partial charge on any atom is -0.490 e. The van der Waals surface area contributed by atoms with Crippen LogP contribution in [0.3, 0.4) is 0 Å². The van der Waals surface area contributed by atoms with Crippen LogP contribution in [-0.2, 0) is 14.3 Å². The Hall–Kier alpha value is -3.42. The van der Waals surface area contributed by atoms with E-state index >= 15 is 0 Å². The van der Waals surface area contributed by atoms with Gasteiger partial charge in [0.05, 0.1) is 18.9 Å². The fourth-order valence-electron chi connectivity index (χ4n) is 2.54. The van der Waals surface area contributed by atoms with Crippen LogP contribution in [0.25, 0.3) is 6.08 Å². The maximum atomic E-state index is 13.6. The summed E-state index contributed by atoms with van der Waals surface area (Å²) in [6, 6.07) is 7.97. The highest BCUT2D eigenvalue weighted by molar-refractivity contribution is 5.96. The van der Waals surface area contributed by atoms with Gasteiger partial charge in [-0.3, -0.25) is 4.79 Å². The Morgan fingerprint density at radius 3 is 2.62 bits per heavy atom. The smallest absolute Gasteiger partial charge is 0.331 e. The first-order valence-corrected chi connectivity index (χ1v) is 8.96. The lowest BCUT2D eigenvalue weighted by Gasteiger charge is -2.13. The van der Waals surface area contributed by atoms with Crippen molar-refractivity contribution in [2.24, 2.45) is 0 Å². The fraction of sp³-hybridized carbons (Fsp3) is 0.238. The van der Waals surface area contributed by atoms with Gasteiger partial charge in [-0.05, 0) is 42.8 Å². The van der Waals surface area contributed by atoms with E-state index < -0.39 is 29.6 Å². The van der Waals surface area contributed by atoms with Crippen molar-refractivity contribution in [3.63, 3.8) is 0 Å². The molecule has 1 amide bonds. The summed E-state index contributed by atoms with van der Waals surface area (Å²) in [6.07, 6.45) is 2.29. The van der Waals surface area contributed by atoms with Gasteiger partial charge < -0.3 is 19.5 Å². The summed E-state index contributed by atoms with van der Waals surface area (Å²) in [5, 5.41) is 2.24. The van der Waals surface area contributed by atoms with Crippen LogP contribution in [0.2, 0.25) is 0 Å². The van der Waals surface area contributed by atoms with Crippen molar-refractivity contribution in [3.8, 4) is 11.5 Å². The van der Waals surface area contributed by atoms with Gasteiger partial charge in [-0.1, -0.05) is 6.07 Å². The zero-order chi connectivity index (χ0) is 20.8. The first-order chi connectivity index (χ1) is 13.9. The average Bonchev–Trinajstić information content (AvgIpc) is 2.93. The molecule has 0 saturated heterocycles. The highest BCUT2D eigenvalue weighted by atomic mass is 19.1. The zero-order valence-electron chi connectivity index (χ0n) is 15.6. The second-order valence-corrected chi connectivity index (χ2v) is 6.28. The van der Waals surface area contributed by atoms with Crippen LogP contribution in [0.15, 0.2) is 42.5 Å². The van der Waals surface area contributed by atoms with E-state index in [0.717, 1.165) is 18.6 Å². The van der Waals surface area contributed by atoms with Crippen LogP contribution in [0.1, 0.15) is 18.9 Å². The summed E-state index contributed by atoms with van der Waals surface area (Å²) in [4.78, 5) is 24.0. The SMILES string of the molecule is C[C@@H](OC(=O)/C=C/c1ccc2c(c1)OCCCO2)C(=O)Nc1ccc(F)cc1F. The topological polar surface area (TPSA) is 73.9 Å². The van der Waals surface area contributed by atoms with Crippen LogP contribution < -0.4 is 14.8 Å². The quantitative estimate of drug-likeness (QED) is 0.609. The number of hydrogen-bond donors (Lipinski definition) is 1. The number of rotatable bonds is 5. The number of carbonyl (C=O) groups excluding carboxylic acids is 2. The number of halogens is 2. The molecule has 2 aromatic rings. The molecule has 0 radical (unpaired) electrons. The predicted octanol–water partition coefficient (Wildman–Crippen LogP) is 3.71. The number of nitrogens with one attached hydrogen (secondary N) is 1. The van der Waals surface area contributed by atoms with Crippen molar-refractivity contribution in [2.45, 2.75) is 19.4 Å². The van der Waals surface area contributed by atoms with E-state index in [1.807, 2.05) is 0 Å². The molecule has 1 heterocycles. The van der Waals surface area contributed by atoms with Crippen molar-refractivity contribution in [1.29, 1.82) is 0 Å². The van der Waals surface area contributed by atoms with Gasteiger partial charge in [-0.25, -0.2) is 13.6 Å². The van der Waals surface area contributed by atoms with Gasteiger partial charge in [-0.2, -0.15) is 0 Å². The first kappa shape index (κ1) is 20.3. The highest BCUT2D eigenvalue weighted by Gasteiger charge is 2.18. The molecule has 1 atom stereocenters. The molecule has 8 heteroatoms. The standard InChI is InChI=1S/C21H19F2NO5/c1-13(21(26)24-17-6-5-15(22)12-16(17)23)29-20(25)8-4-14-3-7-18-19(11-14)28-10-2-9-27-18/h3-8,11-13H,2,9-10H2,1H3,(H,24,26)/b8-4+/t13-/m1/s1. The molecule has 0 spiro atoms. The molecule has 1 N–H and O–H groups in total. The van der Waals surface area contributed by atoms with Crippen molar-refractivity contribution < 1.29 is 32.6 Å². The molecule has 1 aliphatic rings. The lowest BCUT2D eigenvalue weighted by Crippen LogP contribution is -2.29. The van der Waals surface area contributed by atoms with E-state index in [2.05, 4.69) is 5.32 Å². The molecule has 6 nitrogen and oxygen atoms in total. The average molecular weight is 403 g/mol. The first-order valence-electron chi connectivity index (χ1n) is 8.96. The van der Waals surface area contributed by atoms with Crippen LogP contribution in [0.5, 0.6) is 11.5 Å². The van der Waals surface area contributed by atoms with E-state index in [1.54, 1.807) is 18.2 Å². The van der Waals surface area contributed by atoms with Crippen molar-refractivity contribution in [2.75, 3.05) is 18.5 Å². The molecule has 0 aromatic heterocycles. The Bertz CT molecular complexity index is 945. The Kier molecular flexibility index (Phi) is 6.43. The molecule has 29 heavy (non-hydrogen) atoms. The Balaban J connectivity index is 1.56. The van der Waals surface area contributed by atoms with E-state index in [9.17, 15) is 18.4 Å². The van der Waals surface area contributed by atoms with Gasteiger partial charge in [0.25, 0.3) is 5.91 Å². The Morgan fingerprint density at radius 1 is 1.10 bits per heavy atom. The lowest BCUT2D eigenvalue weighted by atomic mass is 10.2. The van der Waals surface area contributed by atoms with E-state index in [0.29, 0.717) is 36.3 Å². The van der Waals surface area contributed by atoms with Gasteiger partial charge in [0, 0.05) is 18.6 Å². The summed E-state index contributed by atoms with van der Waals surface area (Å²) < 4.78 is 42.6. The van der Waals surface area contributed by atoms with E-state index in [4.69, 9.17) is 14.2 Å². The van der Waals surface area contributed by atoms with Crippen LogP contribution in [0.4, 0.5) is 14.5 Å². The minimum absolute atomic E-state index is 0.206. The summed E-state index contributed by atoms with van der Waals surface area (Å²) >= 11 is 0. The number of carbonyl (C=O) groups is 2. The Morgan fingerprint density at radius 2 is 1.86 bits per heavy atom. The molecule has 1 aliphatic heterocycles. The number of anilines is 1. The fourth-order valence-corrected chi connectivity index (χ4v) is 2.54. The molecule has 3 rings (SSSR count). The Labute approximate surface area is 166 Å². The largest absolute Gasteiger partial charge is 0.490 e. The maximum Gasteiger partial charge on any atom is 0.331 e. The van der Waals surface area contributed by atoms with Gasteiger partial charge in [-0.15, -0.1) is 0 Å². The molecular weight excluding hydrogens is 384 g/mol. The van der Waals surface area contributed by atoms with Gasteiger partial charge in [0.1, 0.15) is 11.6 Å². The monoisotopic (exact) mass is 403 g/mol. The van der Waals surface area contributed by atoms with Gasteiger partial charge in [0.2, 0.25) is 0 Å². The zero-order valence-corrected chi connectivity index (χ0v) is 15.6. The number of fused-ring (bicyclic) bond motifs is 1. The molecule has 0 bridgehead atoms. The number of hydrogen-bond acceptors (Lipinski definition) is 5. The second-order valence-electron chi connectivity index (χ2n) is 6.28. The number of amides is 1. The van der Waals surface area contributed by atoms with Crippen molar-refractivity contribution >= 4 is 23.6 Å². The predicted molar refractivity (Wildman–Crippen MR) is 102 cm³/mol. The lowest BCUT2D eigenvalue weighted by molar-refractivity contribution is -0.148. The molecule has 152 valence electrons. The van der Waals surface area contributed by atoms with Crippen molar-refractivity contribution in [1.82, 2.24) is 0 Å². The number of ether oxygens (including phenoxy) is 3. The number of benzene rings is 2. The molecule has 0 saturated carbocycles. The minimum atomic E-state index is -1.18. The molecule has 2 aromatic carbocycles. The van der Waals surface area contributed by atoms with E-state index in [1.165, 1.54) is 19.1 Å². The number of esters is 1. The molecular formula is C21H19F2NO5. The van der Waals surface area contributed by atoms with Crippen LogP contribution in [-0.4, -0.2) is 31.2 Å². The molecule has 0 fully saturated rings. The van der Waals surface area contributed by atoms with Gasteiger partial charge in [0.15, 0.2) is 17.6 Å². The summed E-state index contributed by atoms with van der Waals surface area (Å²) in [7, 11) is 0. The van der Waals surface area contributed by atoms with Crippen molar-refractivity contribution in [3.05, 3.63) is 59.7 Å². The third kappa shape index (κ3) is 5.54. The normalized spacial score (nSPS) is 14.2. The summed E-state index contributed by atoms with van der Waals surface area (Å²) in [5.41, 5.74) is 0.485. The summed E-state index contributed by atoms with van der Waals surface area (Å²) in [6.45, 7) is 2.47. The maximum absolute atomic E-state index is 13.6. The van der Waals surface area contributed by atoms with Crippen LogP contribution in [0, 0.1) is 11.6 Å².